The van der Waals surface area contributed by atoms with Gasteiger partial charge in [-0.1, -0.05) is 32.6 Å². The number of hydrogen-bond acceptors (Lipinski definition) is 2. The van der Waals surface area contributed by atoms with Gasteiger partial charge in [-0.15, -0.1) is 11.3 Å². The fourth-order valence-corrected chi connectivity index (χ4v) is 1.70. The lowest BCUT2D eigenvalue weighted by Crippen LogP contribution is -1.70. The molecular weight excluding hydrogens is 178 g/mol. The summed E-state index contributed by atoms with van der Waals surface area (Å²) in [6, 6.07) is 0. The lowest BCUT2D eigenvalue weighted by molar-refractivity contribution is 1.29. The normalized spacial score (nSPS) is 10.3. The lowest BCUT2D eigenvalue weighted by atomic mass is 10.2. The number of thiazole rings is 1. The van der Waals surface area contributed by atoms with E-state index in [0.717, 1.165) is 10.6 Å². The van der Waals surface area contributed by atoms with Crippen molar-refractivity contribution < 1.29 is 0 Å². The van der Waals surface area contributed by atoms with Gasteiger partial charge >= 0.3 is 0 Å². The molecule has 0 fully saturated rings. The van der Waals surface area contributed by atoms with Crippen LogP contribution >= 0.6 is 11.3 Å². The fraction of sp³-hybridized carbons (Fsp3) is 0.364. The van der Waals surface area contributed by atoms with Crippen molar-refractivity contribution in [2.75, 3.05) is 0 Å². The molecule has 0 saturated heterocycles. The SMILES string of the molecule is C=C/C(=C\C)c1cnc(C)s1.CC. The summed E-state index contributed by atoms with van der Waals surface area (Å²) in [7, 11) is 0. The quantitative estimate of drug-likeness (QED) is 0.648. The number of aryl methyl sites for hydroxylation is 1. The van der Waals surface area contributed by atoms with Crippen LogP contribution in [0.1, 0.15) is 30.7 Å². The average Bonchev–Trinajstić information content (AvgIpc) is 2.58. The van der Waals surface area contributed by atoms with Crippen LogP contribution in [0.25, 0.3) is 5.57 Å². The Morgan fingerprint density at radius 2 is 2.15 bits per heavy atom. The van der Waals surface area contributed by atoms with E-state index in [1.165, 1.54) is 4.88 Å². The van der Waals surface area contributed by atoms with Crippen LogP contribution in [-0.4, -0.2) is 4.98 Å². The Morgan fingerprint density at radius 3 is 2.46 bits per heavy atom. The fourth-order valence-electron chi connectivity index (χ4n) is 0.856. The van der Waals surface area contributed by atoms with Crippen molar-refractivity contribution in [1.29, 1.82) is 0 Å². The highest BCUT2D eigenvalue weighted by Crippen LogP contribution is 2.21. The zero-order valence-corrected chi connectivity index (χ0v) is 9.61. The third-order valence-electron chi connectivity index (χ3n) is 1.44. The van der Waals surface area contributed by atoms with Gasteiger partial charge in [0.25, 0.3) is 0 Å². The summed E-state index contributed by atoms with van der Waals surface area (Å²) in [5.41, 5.74) is 1.16. The lowest BCUT2D eigenvalue weighted by Gasteiger charge is -1.91. The average molecular weight is 195 g/mol. The molecule has 0 aromatic carbocycles. The molecular formula is C11H17NS. The van der Waals surface area contributed by atoms with Crippen molar-refractivity contribution in [1.82, 2.24) is 4.98 Å². The van der Waals surface area contributed by atoms with Crippen molar-refractivity contribution in [2.45, 2.75) is 27.7 Å². The van der Waals surface area contributed by atoms with Gasteiger partial charge in [0.2, 0.25) is 0 Å². The van der Waals surface area contributed by atoms with E-state index >= 15 is 0 Å². The van der Waals surface area contributed by atoms with Crippen molar-refractivity contribution >= 4 is 16.9 Å². The minimum atomic E-state index is 1.10. The Labute approximate surface area is 84.8 Å². The van der Waals surface area contributed by atoms with Crippen LogP contribution < -0.4 is 0 Å². The molecule has 0 radical (unpaired) electrons. The third-order valence-corrected chi connectivity index (χ3v) is 2.40. The van der Waals surface area contributed by atoms with Crippen molar-refractivity contribution in [3.05, 3.63) is 34.8 Å². The van der Waals surface area contributed by atoms with E-state index in [1.807, 2.05) is 46.0 Å². The minimum absolute atomic E-state index is 1.10. The molecule has 0 aliphatic heterocycles. The first-order chi connectivity index (χ1) is 6.27. The molecule has 0 spiro atoms. The van der Waals surface area contributed by atoms with E-state index < -0.39 is 0 Å². The molecule has 0 aliphatic rings. The standard InChI is InChI=1S/C9H11NS.C2H6/c1-4-8(5-2)9-6-10-7(3)11-9;1-2/h4-6H,1H2,2-3H3;1-2H3/b8-5+;. The van der Waals surface area contributed by atoms with Crippen LogP contribution in [0, 0.1) is 6.92 Å². The molecule has 1 aromatic heterocycles. The summed E-state index contributed by atoms with van der Waals surface area (Å²) < 4.78 is 0. The minimum Gasteiger partial charge on any atom is -0.249 e. The predicted molar refractivity (Wildman–Crippen MR) is 62.0 cm³/mol. The second kappa shape index (κ2) is 6.61. The molecule has 0 atom stereocenters. The van der Waals surface area contributed by atoms with Crippen molar-refractivity contribution in [3.63, 3.8) is 0 Å². The Hall–Kier alpha value is -0.890. The van der Waals surface area contributed by atoms with Gasteiger partial charge in [0.1, 0.15) is 0 Å². The molecule has 0 N–H and O–H groups in total. The molecule has 1 rings (SSSR count). The first-order valence-corrected chi connectivity index (χ1v) is 5.31. The largest absolute Gasteiger partial charge is 0.249 e. The molecule has 0 aliphatic carbocycles. The van der Waals surface area contributed by atoms with Gasteiger partial charge in [-0.05, 0) is 19.4 Å². The van der Waals surface area contributed by atoms with Crippen LogP contribution in [0.2, 0.25) is 0 Å². The van der Waals surface area contributed by atoms with Crippen LogP contribution in [-0.2, 0) is 0 Å². The maximum Gasteiger partial charge on any atom is 0.0900 e. The van der Waals surface area contributed by atoms with Gasteiger partial charge in [0.05, 0.1) is 9.88 Å². The zero-order valence-electron chi connectivity index (χ0n) is 8.79. The summed E-state index contributed by atoms with van der Waals surface area (Å²) >= 11 is 1.69. The summed E-state index contributed by atoms with van der Waals surface area (Å²) in [5.74, 6) is 0. The molecule has 0 unspecified atom stereocenters. The first kappa shape index (κ1) is 12.1. The molecule has 72 valence electrons. The number of hydrogen-bond donors (Lipinski definition) is 0. The molecule has 13 heavy (non-hydrogen) atoms. The van der Waals surface area contributed by atoms with Crippen molar-refractivity contribution in [3.8, 4) is 0 Å². The van der Waals surface area contributed by atoms with Crippen LogP contribution in [0.5, 0.6) is 0 Å². The Bertz CT molecular complexity index is 284. The number of rotatable bonds is 2. The van der Waals surface area contributed by atoms with Gasteiger partial charge in [0, 0.05) is 6.20 Å². The predicted octanol–water partition coefficient (Wildman–Crippen LogP) is 4.07. The zero-order chi connectivity index (χ0) is 10.3. The van der Waals surface area contributed by atoms with E-state index in [9.17, 15) is 0 Å². The van der Waals surface area contributed by atoms with E-state index in [0.29, 0.717) is 0 Å². The molecule has 0 amide bonds. The van der Waals surface area contributed by atoms with Crippen LogP contribution in [0.4, 0.5) is 0 Å². The molecule has 1 nitrogen and oxygen atoms in total. The molecule has 1 aromatic rings. The van der Waals surface area contributed by atoms with Crippen LogP contribution in [0.3, 0.4) is 0 Å². The second-order valence-electron chi connectivity index (χ2n) is 2.19. The van der Waals surface area contributed by atoms with Crippen molar-refractivity contribution in [2.24, 2.45) is 0 Å². The van der Waals surface area contributed by atoms with Crippen LogP contribution in [0.15, 0.2) is 24.9 Å². The monoisotopic (exact) mass is 195 g/mol. The molecule has 2 heteroatoms. The van der Waals surface area contributed by atoms with Gasteiger partial charge in [-0.25, -0.2) is 4.98 Å². The highest BCUT2D eigenvalue weighted by atomic mass is 32.1. The summed E-state index contributed by atoms with van der Waals surface area (Å²) in [6.45, 7) is 11.7. The number of allylic oxidation sites excluding steroid dienone is 3. The maximum absolute atomic E-state index is 4.16. The summed E-state index contributed by atoms with van der Waals surface area (Å²) in [4.78, 5) is 5.36. The number of aromatic nitrogens is 1. The summed E-state index contributed by atoms with van der Waals surface area (Å²) in [5, 5.41) is 1.10. The first-order valence-electron chi connectivity index (χ1n) is 4.49. The third kappa shape index (κ3) is 3.55. The topological polar surface area (TPSA) is 12.9 Å². The van der Waals surface area contributed by atoms with Gasteiger partial charge in [-0.3, -0.25) is 0 Å². The number of nitrogens with zero attached hydrogens (tertiary/aromatic N) is 1. The van der Waals surface area contributed by atoms with E-state index in [2.05, 4.69) is 11.6 Å². The Balaban J connectivity index is 0.000000671. The van der Waals surface area contributed by atoms with Gasteiger partial charge < -0.3 is 0 Å². The van der Waals surface area contributed by atoms with E-state index in [4.69, 9.17) is 0 Å². The van der Waals surface area contributed by atoms with E-state index in [-0.39, 0.29) is 0 Å². The smallest absolute Gasteiger partial charge is 0.0900 e. The highest BCUT2D eigenvalue weighted by molar-refractivity contribution is 7.12. The van der Waals surface area contributed by atoms with Gasteiger partial charge in [0.15, 0.2) is 0 Å². The Morgan fingerprint density at radius 1 is 1.54 bits per heavy atom. The van der Waals surface area contributed by atoms with E-state index in [1.54, 1.807) is 11.3 Å². The second-order valence-corrected chi connectivity index (χ2v) is 3.43. The Kier molecular flexibility index (Phi) is 6.15. The maximum atomic E-state index is 4.16. The molecule has 0 bridgehead atoms. The highest BCUT2D eigenvalue weighted by Gasteiger charge is 1.99. The summed E-state index contributed by atoms with van der Waals surface area (Å²) in [6.07, 6.45) is 5.78. The molecule has 1 heterocycles. The molecule has 0 saturated carbocycles. The van der Waals surface area contributed by atoms with Gasteiger partial charge in [-0.2, -0.15) is 0 Å².